The van der Waals surface area contributed by atoms with Gasteiger partial charge in [0.05, 0.1) is 10.7 Å². The maximum atomic E-state index is 14.2. The van der Waals surface area contributed by atoms with Gasteiger partial charge in [0.2, 0.25) is 0 Å². The fraction of sp³-hybridized carbons (Fsp3) is 0.118. The molecule has 2 aromatic carbocycles. The Bertz CT molecular complexity index is 1170. The van der Waals surface area contributed by atoms with E-state index in [4.69, 9.17) is 16.1 Å². The van der Waals surface area contributed by atoms with Gasteiger partial charge in [0.1, 0.15) is 11.5 Å². The van der Waals surface area contributed by atoms with Crippen molar-refractivity contribution in [1.82, 2.24) is 9.72 Å². The maximum absolute atomic E-state index is 14.2. The summed E-state index contributed by atoms with van der Waals surface area (Å²) in [4.78, 5) is 16.3. The van der Waals surface area contributed by atoms with E-state index in [0.29, 0.717) is 16.6 Å². The van der Waals surface area contributed by atoms with Crippen molar-refractivity contribution < 1.29 is 17.7 Å². The maximum Gasteiger partial charge on any atom is 0.446 e. The van der Waals surface area contributed by atoms with Crippen molar-refractivity contribution >= 4 is 38.9 Å². The van der Waals surface area contributed by atoms with Crippen molar-refractivity contribution in [3.63, 3.8) is 0 Å². The molecule has 1 aliphatic heterocycles. The molecular formula is C17H8BrClF3N3O2. The summed E-state index contributed by atoms with van der Waals surface area (Å²) in [5.41, 5.74) is 1.14. The molecule has 0 atom stereocenters. The van der Waals surface area contributed by atoms with Crippen LogP contribution in [0, 0.1) is 17.5 Å². The summed E-state index contributed by atoms with van der Waals surface area (Å²) in [6, 6.07) is 4.51. The summed E-state index contributed by atoms with van der Waals surface area (Å²) in [7, 11) is 0. The minimum Gasteiger partial charge on any atom is -0.295 e. The second kappa shape index (κ2) is 6.65. The summed E-state index contributed by atoms with van der Waals surface area (Å²) in [5, 5.41) is 3.86. The Balaban J connectivity index is 1.96. The predicted molar refractivity (Wildman–Crippen MR) is 97.0 cm³/mol. The molecule has 27 heavy (non-hydrogen) atoms. The molecule has 0 spiro atoms. The van der Waals surface area contributed by atoms with Crippen molar-refractivity contribution in [1.29, 1.82) is 0 Å². The fourth-order valence-corrected chi connectivity index (χ4v) is 3.39. The molecule has 0 amide bonds. The number of aliphatic imine (C=N–C) groups is 1. The molecule has 0 saturated carbocycles. The summed E-state index contributed by atoms with van der Waals surface area (Å²) < 4.78 is 47.5. The lowest BCUT2D eigenvalue weighted by atomic mass is 10.0. The van der Waals surface area contributed by atoms with Crippen LogP contribution in [0.15, 0.2) is 38.6 Å². The molecule has 0 fully saturated rings. The zero-order valence-electron chi connectivity index (χ0n) is 13.3. The third-order valence-electron chi connectivity index (χ3n) is 4.11. The Labute approximate surface area is 163 Å². The zero-order chi connectivity index (χ0) is 19.3. The highest BCUT2D eigenvalue weighted by Crippen LogP contribution is 2.39. The third-order valence-corrected chi connectivity index (χ3v) is 5.05. The molecular weight excluding hydrogens is 451 g/mol. The smallest absolute Gasteiger partial charge is 0.295 e. The molecule has 4 rings (SSSR count). The number of benzene rings is 2. The first-order valence-corrected chi connectivity index (χ1v) is 9.08. The second-order valence-corrected chi connectivity index (χ2v) is 6.71. The molecule has 3 aromatic rings. The lowest BCUT2D eigenvalue weighted by molar-refractivity contribution is 0.383. The first-order valence-electron chi connectivity index (χ1n) is 7.58. The number of hydrogen-bond donors (Lipinski definition) is 0. The van der Waals surface area contributed by atoms with Crippen LogP contribution in [0.3, 0.4) is 0 Å². The number of hydrogen-bond acceptors (Lipinski definition) is 4. The summed E-state index contributed by atoms with van der Waals surface area (Å²) in [6.45, 7) is 0. The van der Waals surface area contributed by atoms with E-state index >= 15 is 0 Å². The average Bonchev–Trinajstić information content (AvgIpc) is 3.25. The van der Waals surface area contributed by atoms with Crippen molar-refractivity contribution in [2.24, 2.45) is 4.99 Å². The summed E-state index contributed by atoms with van der Waals surface area (Å²) >= 11 is 9.03. The van der Waals surface area contributed by atoms with Gasteiger partial charge in [-0.2, -0.15) is 0 Å². The SMILES string of the molecule is O=c1onc(-c2cc(F)c(F)c3c2CC(CBr)=N3)n1-c1ccc(F)c(Cl)c1. The molecule has 1 aromatic heterocycles. The van der Waals surface area contributed by atoms with Crippen molar-refractivity contribution in [3.05, 3.63) is 62.9 Å². The fourth-order valence-electron chi connectivity index (χ4n) is 2.90. The first-order chi connectivity index (χ1) is 12.9. The normalized spacial score (nSPS) is 13.0. The van der Waals surface area contributed by atoms with Crippen LogP contribution in [0.25, 0.3) is 17.1 Å². The van der Waals surface area contributed by atoms with E-state index in [1.807, 2.05) is 0 Å². The van der Waals surface area contributed by atoms with Gasteiger partial charge in [-0.05, 0) is 29.8 Å². The Morgan fingerprint density at radius 1 is 1.22 bits per heavy atom. The molecule has 0 radical (unpaired) electrons. The number of fused-ring (bicyclic) bond motifs is 1. The highest BCUT2D eigenvalue weighted by molar-refractivity contribution is 9.09. The lowest BCUT2D eigenvalue weighted by Crippen LogP contribution is -2.14. The molecule has 138 valence electrons. The van der Waals surface area contributed by atoms with E-state index in [2.05, 4.69) is 26.1 Å². The van der Waals surface area contributed by atoms with E-state index in [1.54, 1.807) is 0 Å². The summed E-state index contributed by atoms with van der Waals surface area (Å²) in [6.07, 6.45) is 0.248. The lowest BCUT2D eigenvalue weighted by Gasteiger charge is -2.10. The van der Waals surface area contributed by atoms with Crippen LogP contribution in [0.4, 0.5) is 18.9 Å². The molecule has 0 N–H and O–H groups in total. The van der Waals surface area contributed by atoms with Gasteiger partial charge < -0.3 is 0 Å². The molecule has 0 unspecified atom stereocenters. The largest absolute Gasteiger partial charge is 0.446 e. The molecule has 2 heterocycles. The molecule has 0 aliphatic carbocycles. The predicted octanol–water partition coefficient (Wildman–Crippen LogP) is 4.59. The highest BCUT2D eigenvalue weighted by atomic mass is 79.9. The minimum absolute atomic E-state index is 0.0659. The van der Waals surface area contributed by atoms with E-state index in [0.717, 1.165) is 16.7 Å². The van der Waals surface area contributed by atoms with Gasteiger partial charge in [-0.15, -0.1) is 0 Å². The van der Waals surface area contributed by atoms with Crippen LogP contribution in [0.1, 0.15) is 5.56 Å². The van der Waals surface area contributed by atoms with Crippen molar-refractivity contribution in [3.8, 4) is 17.1 Å². The van der Waals surface area contributed by atoms with Crippen molar-refractivity contribution in [2.45, 2.75) is 6.42 Å². The molecule has 0 saturated heterocycles. The van der Waals surface area contributed by atoms with Crippen molar-refractivity contribution in [2.75, 3.05) is 5.33 Å². The van der Waals surface area contributed by atoms with E-state index in [-0.39, 0.29) is 34.2 Å². The monoisotopic (exact) mass is 457 g/mol. The Hall–Kier alpha value is -2.39. The topological polar surface area (TPSA) is 60.4 Å². The Morgan fingerprint density at radius 3 is 2.70 bits per heavy atom. The number of halogens is 5. The van der Waals surface area contributed by atoms with Gasteiger partial charge in [-0.1, -0.05) is 32.7 Å². The van der Waals surface area contributed by atoms with Crippen LogP contribution in [-0.2, 0) is 6.42 Å². The molecule has 5 nitrogen and oxygen atoms in total. The quantitative estimate of drug-likeness (QED) is 0.540. The standard InChI is InChI=1S/C17H8BrClF3N3O2/c18-6-7-3-9-10(5-13(21)14(22)15(9)23-7)16-24-27-17(26)25(16)8-1-2-12(20)11(19)4-8/h1-2,4-5H,3,6H2. The van der Waals surface area contributed by atoms with E-state index < -0.39 is 23.2 Å². The van der Waals surface area contributed by atoms with Crippen LogP contribution in [-0.4, -0.2) is 20.8 Å². The number of rotatable bonds is 3. The van der Waals surface area contributed by atoms with Gasteiger partial charge in [0.25, 0.3) is 0 Å². The summed E-state index contributed by atoms with van der Waals surface area (Å²) in [5.74, 6) is -3.83. The van der Waals surface area contributed by atoms with Crippen LogP contribution < -0.4 is 5.76 Å². The minimum atomic E-state index is -1.14. The van der Waals surface area contributed by atoms with Crippen LogP contribution in [0.5, 0.6) is 0 Å². The Kier molecular flexibility index (Phi) is 4.43. The van der Waals surface area contributed by atoms with Crippen LogP contribution in [0.2, 0.25) is 5.02 Å². The van der Waals surface area contributed by atoms with Crippen LogP contribution >= 0.6 is 27.5 Å². The van der Waals surface area contributed by atoms with Gasteiger partial charge in [-0.3, -0.25) is 9.52 Å². The first kappa shape index (κ1) is 18.0. The van der Waals surface area contributed by atoms with Gasteiger partial charge in [0, 0.05) is 23.0 Å². The number of aromatic nitrogens is 2. The van der Waals surface area contributed by atoms with Gasteiger partial charge in [0.15, 0.2) is 17.5 Å². The number of alkyl halides is 1. The van der Waals surface area contributed by atoms with E-state index in [9.17, 15) is 18.0 Å². The molecule has 1 aliphatic rings. The zero-order valence-corrected chi connectivity index (χ0v) is 15.6. The van der Waals surface area contributed by atoms with Gasteiger partial charge >= 0.3 is 5.76 Å². The van der Waals surface area contributed by atoms with E-state index in [1.165, 1.54) is 12.1 Å². The Morgan fingerprint density at radius 2 is 2.00 bits per heavy atom. The molecule has 0 bridgehead atoms. The number of nitrogens with zero attached hydrogens (tertiary/aromatic N) is 3. The molecule has 10 heteroatoms. The van der Waals surface area contributed by atoms with Gasteiger partial charge in [-0.25, -0.2) is 22.5 Å². The highest BCUT2D eigenvalue weighted by Gasteiger charge is 2.28. The third kappa shape index (κ3) is 2.90. The second-order valence-electron chi connectivity index (χ2n) is 5.74. The average molecular weight is 459 g/mol.